The van der Waals surface area contributed by atoms with Gasteiger partial charge in [0.2, 0.25) is 0 Å². The van der Waals surface area contributed by atoms with Gasteiger partial charge in [-0.1, -0.05) is 30.3 Å². The number of ether oxygens (including phenoxy) is 1. The van der Waals surface area contributed by atoms with E-state index in [1.807, 2.05) is 0 Å². The molecule has 0 saturated heterocycles. The minimum absolute atomic E-state index is 0.0383. The second-order valence-electron chi connectivity index (χ2n) is 8.69. The van der Waals surface area contributed by atoms with E-state index in [9.17, 15) is 22.8 Å². The predicted octanol–water partition coefficient (Wildman–Crippen LogP) is 4.45. The maximum Gasteiger partial charge on any atom is 0.506 e. The van der Waals surface area contributed by atoms with Crippen molar-refractivity contribution >= 4 is 11.6 Å². The number of hydrogen-bond acceptors (Lipinski definition) is 5. The minimum atomic E-state index is -5.00. The molecule has 0 atom stereocenters. The van der Waals surface area contributed by atoms with Crippen molar-refractivity contribution in [2.75, 3.05) is 0 Å². The van der Waals surface area contributed by atoms with Crippen LogP contribution in [0.25, 0.3) is 16.8 Å². The smallest absolute Gasteiger partial charge is 0.454 e. The maximum atomic E-state index is 13.9. The number of nitrogens with zero attached hydrogens (tertiary/aromatic N) is 3. The molecule has 1 fully saturated rings. The number of carbonyl (C=O) groups is 1. The summed E-state index contributed by atoms with van der Waals surface area (Å²) >= 11 is 0. The molecule has 8 nitrogen and oxygen atoms in total. The van der Waals surface area contributed by atoms with Crippen LogP contribution in [0.3, 0.4) is 0 Å². The van der Waals surface area contributed by atoms with E-state index >= 15 is 0 Å². The number of carbonyl (C=O) groups excluding carboxylic acids is 1. The third-order valence-electron chi connectivity index (χ3n) is 5.93. The van der Waals surface area contributed by atoms with E-state index in [2.05, 4.69) is 15.8 Å². The van der Waals surface area contributed by atoms with Crippen LogP contribution in [-0.4, -0.2) is 26.1 Å². The van der Waals surface area contributed by atoms with E-state index in [0.717, 1.165) is 19.0 Å². The average molecular weight is 497 g/mol. The Labute approximate surface area is 203 Å². The van der Waals surface area contributed by atoms with Crippen LogP contribution in [-0.2, 0) is 6.30 Å². The molecule has 1 aliphatic rings. The van der Waals surface area contributed by atoms with Gasteiger partial charge in [0, 0.05) is 11.6 Å². The van der Waals surface area contributed by atoms with Gasteiger partial charge in [-0.25, -0.2) is 14.9 Å². The lowest BCUT2D eigenvalue weighted by atomic mass is 10.0. The molecule has 0 radical (unpaired) electrons. The van der Waals surface area contributed by atoms with E-state index in [4.69, 9.17) is 4.74 Å². The zero-order valence-corrected chi connectivity index (χ0v) is 19.4. The zero-order chi connectivity index (χ0) is 25.6. The SMILES string of the molecule is Cc1ccc(C(=O)NNC2CC2)cc1Oc1cnc2c(-c3ccccc3C)c(=O)n(C(F)(F)F)n2c1. The quantitative estimate of drug-likeness (QED) is 0.385. The lowest BCUT2D eigenvalue weighted by Gasteiger charge is -2.13. The molecule has 0 bridgehead atoms. The van der Waals surface area contributed by atoms with Crippen molar-refractivity contribution < 1.29 is 22.7 Å². The number of rotatable bonds is 6. The molecule has 2 N–H and O–H groups in total. The molecule has 36 heavy (non-hydrogen) atoms. The zero-order valence-electron chi connectivity index (χ0n) is 19.4. The summed E-state index contributed by atoms with van der Waals surface area (Å²) in [5.41, 5.74) is 5.95. The van der Waals surface area contributed by atoms with E-state index in [1.165, 1.54) is 12.3 Å². The molecule has 186 valence electrons. The van der Waals surface area contributed by atoms with Crippen LogP contribution < -0.4 is 21.1 Å². The van der Waals surface area contributed by atoms with E-state index in [0.29, 0.717) is 26.8 Å². The standard InChI is InChI=1S/C25H22F3N5O3/c1-14-5-3-4-6-19(14)21-22-29-12-18(13-32(22)33(24(21)35)25(26,27)28)36-20-11-16(8-7-15(20)2)23(34)31-30-17-9-10-17/h3-8,11-13,17,30H,9-10H2,1-2H3,(H,31,34). The van der Waals surface area contributed by atoms with Gasteiger partial charge < -0.3 is 4.74 Å². The van der Waals surface area contributed by atoms with Gasteiger partial charge in [0.25, 0.3) is 11.5 Å². The first-order valence-corrected chi connectivity index (χ1v) is 11.2. The Balaban J connectivity index is 1.55. The van der Waals surface area contributed by atoms with Crippen LogP contribution in [0.15, 0.2) is 59.7 Å². The van der Waals surface area contributed by atoms with Crippen molar-refractivity contribution in [1.82, 2.24) is 25.0 Å². The molecule has 0 aliphatic heterocycles. The lowest BCUT2D eigenvalue weighted by molar-refractivity contribution is -0.216. The molecule has 2 aromatic heterocycles. The Morgan fingerprint density at radius 2 is 1.86 bits per heavy atom. The summed E-state index contributed by atoms with van der Waals surface area (Å²) in [6.45, 7) is 3.45. The first-order valence-electron chi connectivity index (χ1n) is 11.2. The highest BCUT2D eigenvalue weighted by molar-refractivity contribution is 5.94. The maximum absolute atomic E-state index is 13.9. The predicted molar refractivity (Wildman–Crippen MR) is 126 cm³/mol. The third-order valence-corrected chi connectivity index (χ3v) is 5.93. The molecule has 2 heterocycles. The van der Waals surface area contributed by atoms with E-state index in [1.54, 1.807) is 50.2 Å². The van der Waals surface area contributed by atoms with Gasteiger partial charge >= 0.3 is 6.30 Å². The Hall–Kier alpha value is -4.12. The number of halogens is 3. The Morgan fingerprint density at radius 3 is 2.56 bits per heavy atom. The lowest BCUT2D eigenvalue weighted by Crippen LogP contribution is -2.38. The molecule has 1 saturated carbocycles. The molecular weight excluding hydrogens is 475 g/mol. The van der Waals surface area contributed by atoms with Gasteiger partial charge in [0.05, 0.1) is 18.0 Å². The van der Waals surface area contributed by atoms with Gasteiger partial charge in [-0.15, -0.1) is 17.9 Å². The first-order chi connectivity index (χ1) is 17.1. The molecule has 1 amide bonds. The summed E-state index contributed by atoms with van der Waals surface area (Å²) in [6, 6.07) is 11.7. The van der Waals surface area contributed by atoms with Crippen molar-refractivity contribution in [3.05, 3.63) is 81.9 Å². The number of hydrazine groups is 1. The number of benzene rings is 2. The summed E-state index contributed by atoms with van der Waals surface area (Å²) in [4.78, 5) is 29.5. The van der Waals surface area contributed by atoms with Crippen molar-refractivity contribution in [1.29, 1.82) is 0 Å². The van der Waals surface area contributed by atoms with Crippen LogP contribution in [0, 0.1) is 13.8 Å². The summed E-state index contributed by atoms with van der Waals surface area (Å²) in [5, 5.41) is 0. The monoisotopic (exact) mass is 497 g/mol. The molecule has 1 aliphatic carbocycles. The summed E-state index contributed by atoms with van der Waals surface area (Å²) in [6.07, 6.45) is -0.709. The van der Waals surface area contributed by atoms with Gasteiger partial charge in [-0.3, -0.25) is 15.0 Å². The largest absolute Gasteiger partial charge is 0.506 e. The van der Waals surface area contributed by atoms with Gasteiger partial charge in [0.1, 0.15) is 5.75 Å². The van der Waals surface area contributed by atoms with Crippen molar-refractivity contribution in [2.45, 2.75) is 39.0 Å². The molecule has 2 aromatic carbocycles. The highest BCUT2D eigenvalue weighted by Gasteiger charge is 2.38. The van der Waals surface area contributed by atoms with Gasteiger partial charge in [-0.05, 0) is 55.5 Å². The second kappa shape index (κ2) is 8.83. The van der Waals surface area contributed by atoms with E-state index < -0.39 is 11.9 Å². The number of fused-ring (bicyclic) bond motifs is 1. The molecular formula is C25H22F3N5O3. The summed E-state index contributed by atoms with van der Waals surface area (Å²) < 4.78 is 48.0. The minimum Gasteiger partial charge on any atom is -0.454 e. The Bertz CT molecular complexity index is 1540. The number of aryl methyl sites for hydroxylation is 2. The van der Waals surface area contributed by atoms with Gasteiger partial charge in [0.15, 0.2) is 11.4 Å². The molecule has 0 spiro atoms. The van der Waals surface area contributed by atoms with Crippen molar-refractivity contribution in [2.24, 2.45) is 0 Å². The number of hydrogen-bond donors (Lipinski definition) is 2. The number of nitrogens with one attached hydrogen (secondary N) is 2. The number of amides is 1. The number of alkyl halides is 3. The summed E-state index contributed by atoms with van der Waals surface area (Å²) in [7, 11) is 0. The van der Waals surface area contributed by atoms with Crippen LogP contribution in [0.4, 0.5) is 13.2 Å². The van der Waals surface area contributed by atoms with Crippen molar-refractivity contribution in [3.63, 3.8) is 0 Å². The molecule has 11 heteroatoms. The van der Waals surface area contributed by atoms with Crippen molar-refractivity contribution in [3.8, 4) is 22.6 Å². The Morgan fingerprint density at radius 1 is 1.11 bits per heavy atom. The highest BCUT2D eigenvalue weighted by Crippen LogP contribution is 2.31. The van der Waals surface area contributed by atoms with Gasteiger partial charge in [-0.2, -0.15) is 0 Å². The third kappa shape index (κ3) is 4.44. The van der Waals surface area contributed by atoms with Crippen LogP contribution in [0.5, 0.6) is 11.5 Å². The molecule has 4 aromatic rings. The highest BCUT2D eigenvalue weighted by atomic mass is 19.4. The first kappa shape index (κ1) is 23.6. The van der Waals surface area contributed by atoms with Crippen LogP contribution in [0.1, 0.15) is 34.3 Å². The fourth-order valence-corrected chi connectivity index (χ4v) is 3.85. The number of aromatic nitrogens is 3. The van der Waals surface area contributed by atoms with Crippen LogP contribution >= 0.6 is 0 Å². The topological polar surface area (TPSA) is 89.7 Å². The molecule has 0 unspecified atom stereocenters. The summed E-state index contributed by atoms with van der Waals surface area (Å²) in [5.74, 6) is -0.134. The fourth-order valence-electron chi connectivity index (χ4n) is 3.85. The Kier molecular flexibility index (Phi) is 5.79. The van der Waals surface area contributed by atoms with Crippen LogP contribution in [0.2, 0.25) is 0 Å². The average Bonchev–Trinajstić information content (AvgIpc) is 3.60. The fraction of sp³-hybridized carbons (Fsp3) is 0.240. The molecule has 5 rings (SSSR count). The normalized spacial score (nSPS) is 13.7. The second-order valence-corrected chi connectivity index (χ2v) is 8.69. The van der Waals surface area contributed by atoms with E-state index in [-0.39, 0.29) is 39.3 Å².